The Morgan fingerprint density at radius 1 is 1.19 bits per heavy atom. The predicted octanol–water partition coefficient (Wildman–Crippen LogP) is 0.800. The number of nitrogens with one attached hydrogen (secondary N) is 1. The lowest BCUT2D eigenvalue weighted by Gasteiger charge is -2.34. The van der Waals surface area contributed by atoms with Crippen LogP contribution in [0.2, 0.25) is 0 Å². The molecule has 0 spiro atoms. The van der Waals surface area contributed by atoms with Crippen molar-refractivity contribution in [1.29, 1.82) is 0 Å². The summed E-state index contributed by atoms with van der Waals surface area (Å²) in [5.74, 6) is -3.35. The Kier molecular flexibility index (Phi) is 15.1. The molecule has 0 saturated heterocycles. The predicted molar refractivity (Wildman–Crippen MR) is 157 cm³/mol. The van der Waals surface area contributed by atoms with Crippen LogP contribution >= 0.6 is 11.8 Å². The zero-order valence-electron chi connectivity index (χ0n) is 25.3. The van der Waals surface area contributed by atoms with Crippen LogP contribution in [0, 0.1) is 17.3 Å². The molecule has 0 aliphatic heterocycles. The third-order valence-electron chi connectivity index (χ3n) is 7.06. The summed E-state index contributed by atoms with van der Waals surface area (Å²) in [6, 6.07) is 0. The molecule has 0 radical (unpaired) electrons. The van der Waals surface area contributed by atoms with Crippen LogP contribution in [0.1, 0.15) is 53.4 Å². The van der Waals surface area contributed by atoms with Gasteiger partial charge in [-0.05, 0) is 59.3 Å². The number of ether oxygens (including phenoxy) is 2. The topological polar surface area (TPSA) is 198 Å². The Balaban J connectivity index is 2.97. The Bertz CT molecular complexity index is 1020. The lowest BCUT2D eigenvalue weighted by atomic mass is 9.82. The smallest absolute Gasteiger partial charge is 0.374 e. The van der Waals surface area contributed by atoms with Crippen molar-refractivity contribution in [3.05, 3.63) is 12.7 Å². The fourth-order valence-electron chi connectivity index (χ4n) is 4.63. The molecule has 16 heteroatoms. The Labute approximate surface area is 254 Å². The lowest BCUT2D eigenvalue weighted by Crippen LogP contribution is -2.52. The number of aliphatic hydroxyl groups excluding tert-OH is 2. The molecule has 0 bridgehead atoms. The molecule has 4 unspecified atom stereocenters. The van der Waals surface area contributed by atoms with Crippen molar-refractivity contribution in [3.63, 3.8) is 0 Å². The number of hydrogen-bond acceptors (Lipinski definition) is 13. The molecule has 1 amide bonds. The summed E-state index contributed by atoms with van der Waals surface area (Å²) >= 11 is 1.29. The number of amides is 1. The highest BCUT2D eigenvalue weighted by molar-refractivity contribution is 8.00. The van der Waals surface area contributed by atoms with Gasteiger partial charge >= 0.3 is 20.5 Å². The fraction of sp³-hybridized carbons (Fsp3) is 0.808. The van der Waals surface area contributed by atoms with E-state index in [1.54, 1.807) is 13.8 Å². The number of hydrogen-bond donors (Lipinski definition) is 3. The largest absolute Gasteiger partial charge is 0.748 e. The molecule has 244 valence electrons. The van der Waals surface area contributed by atoms with E-state index in [2.05, 4.69) is 11.9 Å². The van der Waals surface area contributed by atoms with Gasteiger partial charge in [0.15, 0.2) is 0 Å². The fourth-order valence-corrected chi connectivity index (χ4v) is 9.59. The zero-order chi connectivity index (χ0) is 32.4. The number of carbonyl (C=O) groups is 3. The molecule has 4 atom stereocenters. The molecule has 0 aromatic heterocycles. The Morgan fingerprint density at radius 2 is 1.81 bits per heavy atom. The molecule has 1 fully saturated rings. The SMILES string of the molecule is C=CC(=O)OC1CC(COC(=O)C(C)(C)CC(CSC[Si](CO)(OC)OC)C(=O)NC(C)(C)CS(=O)(=O)[O-])CCC1O. The monoisotopic (exact) mass is 656 g/mol. The van der Waals surface area contributed by atoms with Gasteiger partial charge in [0.05, 0.1) is 40.2 Å². The maximum absolute atomic E-state index is 13.3. The van der Waals surface area contributed by atoms with E-state index >= 15 is 0 Å². The van der Waals surface area contributed by atoms with Crippen LogP contribution < -0.4 is 5.32 Å². The van der Waals surface area contributed by atoms with Gasteiger partial charge in [0.2, 0.25) is 5.91 Å². The third kappa shape index (κ3) is 13.0. The van der Waals surface area contributed by atoms with Gasteiger partial charge in [-0.25, -0.2) is 13.2 Å². The highest BCUT2D eigenvalue weighted by atomic mass is 32.2. The van der Waals surface area contributed by atoms with Crippen molar-refractivity contribution in [1.82, 2.24) is 5.32 Å². The summed E-state index contributed by atoms with van der Waals surface area (Å²) in [6.07, 6.45) is 0.427. The molecule has 42 heavy (non-hydrogen) atoms. The first kappa shape index (κ1) is 38.5. The van der Waals surface area contributed by atoms with Crippen LogP contribution in [-0.4, -0.2) is 111 Å². The number of carbonyl (C=O) groups excluding carboxylic acids is 3. The number of rotatable bonds is 18. The van der Waals surface area contributed by atoms with E-state index in [-0.39, 0.29) is 36.3 Å². The molecule has 0 aromatic rings. The van der Waals surface area contributed by atoms with Gasteiger partial charge in [0.25, 0.3) is 0 Å². The molecule has 13 nitrogen and oxygen atoms in total. The van der Waals surface area contributed by atoms with E-state index in [4.69, 9.17) is 18.3 Å². The average molecular weight is 657 g/mol. The minimum Gasteiger partial charge on any atom is -0.748 e. The van der Waals surface area contributed by atoms with Crippen LogP contribution in [-0.2, 0) is 42.8 Å². The molecule has 1 aliphatic rings. The Hall–Kier alpha value is -1.53. The van der Waals surface area contributed by atoms with Gasteiger partial charge in [-0.2, -0.15) is 11.8 Å². The molecular formula is C26H46NO12S2Si-. The summed E-state index contributed by atoms with van der Waals surface area (Å²) in [7, 11) is -4.68. The van der Waals surface area contributed by atoms with Gasteiger partial charge < -0.3 is 38.4 Å². The average Bonchev–Trinajstić information content (AvgIpc) is 2.89. The van der Waals surface area contributed by atoms with Crippen molar-refractivity contribution in [2.75, 3.05) is 43.9 Å². The first-order valence-electron chi connectivity index (χ1n) is 13.6. The molecule has 0 aromatic carbocycles. The van der Waals surface area contributed by atoms with Crippen molar-refractivity contribution in [2.24, 2.45) is 17.3 Å². The van der Waals surface area contributed by atoms with Crippen LogP contribution in [0.4, 0.5) is 0 Å². The second-order valence-corrected chi connectivity index (χ2v) is 18.1. The first-order chi connectivity index (χ1) is 19.3. The van der Waals surface area contributed by atoms with Gasteiger partial charge in [-0.1, -0.05) is 6.58 Å². The van der Waals surface area contributed by atoms with E-state index in [1.807, 2.05) is 0 Å². The molecule has 3 N–H and O–H groups in total. The maximum atomic E-state index is 13.3. The minimum atomic E-state index is -4.63. The summed E-state index contributed by atoms with van der Waals surface area (Å²) in [5, 5.41) is 22.8. The van der Waals surface area contributed by atoms with Gasteiger partial charge in [0.1, 0.15) is 6.10 Å². The van der Waals surface area contributed by atoms with Gasteiger partial charge in [-0.3, -0.25) is 9.59 Å². The molecule has 1 aliphatic carbocycles. The van der Waals surface area contributed by atoms with Crippen LogP contribution in [0.25, 0.3) is 0 Å². The molecule has 0 heterocycles. The number of thioether (sulfide) groups is 1. The van der Waals surface area contributed by atoms with Gasteiger partial charge in [0, 0.05) is 42.9 Å². The van der Waals surface area contributed by atoms with Crippen molar-refractivity contribution >= 4 is 48.3 Å². The van der Waals surface area contributed by atoms with E-state index in [9.17, 15) is 37.6 Å². The normalized spacial score (nSPS) is 20.8. The third-order valence-corrected chi connectivity index (χ3v) is 13.3. The van der Waals surface area contributed by atoms with E-state index < -0.39 is 71.4 Å². The first-order valence-corrected chi connectivity index (χ1v) is 18.5. The summed E-state index contributed by atoms with van der Waals surface area (Å²) < 4.78 is 55.7. The van der Waals surface area contributed by atoms with E-state index in [0.29, 0.717) is 19.3 Å². The molecular weight excluding hydrogens is 611 g/mol. The molecule has 1 rings (SSSR count). The van der Waals surface area contributed by atoms with Crippen molar-refractivity contribution in [3.8, 4) is 0 Å². The second kappa shape index (κ2) is 16.5. The van der Waals surface area contributed by atoms with E-state index in [1.165, 1.54) is 39.8 Å². The summed E-state index contributed by atoms with van der Waals surface area (Å²) in [6.45, 7) is 9.48. The van der Waals surface area contributed by atoms with Crippen molar-refractivity contribution < 1.29 is 55.9 Å². The number of esters is 2. The van der Waals surface area contributed by atoms with Gasteiger partial charge in [-0.15, -0.1) is 0 Å². The van der Waals surface area contributed by atoms with E-state index in [0.717, 1.165) is 6.08 Å². The highest BCUT2D eigenvalue weighted by Crippen LogP contribution is 2.32. The summed E-state index contributed by atoms with van der Waals surface area (Å²) in [5.41, 5.74) is -2.50. The van der Waals surface area contributed by atoms with Crippen LogP contribution in [0.5, 0.6) is 0 Å². The summed E-state index contributed by atoms with van der Waals surface area (Å²) in [4.78, 5) is 38.1. The standard InChI is InChI=1S/C26H47NO12S2Si/c1-8-22(30)39-21-11-18(9-10-20(21)29)13-38-24(32)25(2,3)12-19(14-40-17-42(16-28,36-6)37-7)23(31)27-26(4,5)15-41(33,34)35/h8,18-21,28-29H,1,9-17H2,2-7H3,(H,27,31)(H,33,34,35)/p-1. The quantitative estimate of drug-likeness (QED) is 0.0811. The molecule has 1 saturated carbocycles. The number of aliphatic hydroxyl groups is 2. The maximum Gasteiger partial charge on any atom is 0.374 e. The zero-order valence-corrected chi connectivity index (χ0v) is 27.9. The van der Waals surface area contributed by atoms with Crippen LogP contribution in [0.3, 0.4) is 0 Å². The minimum absolute atomic E-state index is 0.0292. The van der Waals surface area contributed by atoms with Crippen LogP contribution in [0.15, 0.2) is 12.7 Å². The van der Waals surface area contributed by atoms with Crippen molar-refractivity contribution in [2.45, 2.75) is 71.1 Å². The lowest BCUT2D eigenvalue weighted by molar-refractivity contribution is -0.162. The highest BCUT2D eigenvalue weighted by Gasteiger charge is 2.40. The second-order valence-electron chi connectivity index (χ2n) is 11.9. The Morgan fingerprint density at radius 3 is 2.33 bits per heavy atom.